The van der Waals surface area contributed by atoms with Gasteiger partial charge in [0.1, 0.15) is 0 Å². The lowest BCUT2D eigenvalue weighted by Crippen LogP contribution is -2.12. The van der Waals surface area contributed by atoms with Crippen LogP contribution in [0.15, 0.2) is 75.8 Å². The topological polar surface area (TPSA) is 29.1 Å². The lowest BCUT2D eigenvalue weighted by molar-refractivity contribution is -0.116. The van der Waals surface area contributed by atoms with Crippen LogP contribution >= 0.6 is 34.7 Å². The number of thiophene rings is 1. The van der Waals surface area contributed by atoms with Crippen molar-refractivity contribution in [1.29, 1.82) is 0 Å². The molecule has 2 aromatic carbocycles. The molecule has 0 saturated carbocycles. The van der Waals surface area contributed by atoms with Crippen molar-refractivity contribution in [3.05, 3.63) is 75.9 Å². The van der Waals surface area contributed by atoms with Gasteiger partial charge in [0, 0.05) is 26.1 Å². The monoisotopic (exact) mass is 387 g/mol. The Labute approximate surface area is 161 Å². The van der Waals surface area contributed by atoms with E-state index in [4.69, 9.17) is 11.6 Å². The van der Waals surface area contributed by atoms with E-state index in [0.29, 0.717) is 11.4 Å². The van der Waals surface area contributed by atoms with Crippen LogP contribution in [0.25, 0.3) is 0 Å². The minimum absolute atomic E-state index is 0.0220. The summed E-state index contributed by atoms with van der Waals surface area (Å²) in [7, 11) is 0. The van der Waals surface area contributed by atoms with Gasteiger partial charge in [0.15, 0.2) is 0 Å². The van der Waals surface area contributed by atoms with E-state index >= 15 is 0 Å². The van der Waals surface area contributed by atoms with Crippen LogP contribution < -0.4 is 5.32 Å². The molecule has 0 spiro atoms. The first-order valence-electron chi connectivity index (χ1n) is 8.05. The molecule has 1 N–H and O–H groups in total. The normalized spacial score (nSPS) is 10.6. The number of hydrogen-bond donors (Lipinski definition) is 1. The highest BCUT2D eigenvalue weighted by Crippen LogP contribution is 2.35. The lowest BCUT2D eigenvalue weighted by atomic mass is 10.2. The fourth-order valence-electron chi connectivity index (χ4n) is 2.40. The molecule has 0 saturated heterocycles. The summed E-state index contributed by atoms with van der Waals surface area (Å²) in [6, 6.07) is 19.8. The van der Waals surface area contributed by atoms with E-state index in [1.807, 2.05) is 54.6 Å². The third-order valence-electron chi connectivity index (χ3n) is 3.59. The van der Waals surface area contributed by atoms with Crippen LogP contribution in [0.5, 0.6) is 0 Å². The van der Waals surface area contributed by atoms with Gasteiger partial charge in [0.05, 0.1) is 5.69 Å². The first kappa shape index (κ1) is 18.1. The Morgan fingerprint density at radius 2 is 1.92 bits per heavy atom. The average molecular weight is 388 g/mol. The van der Waals surface area contributed by atoms with Crippen molar-refractivity contribution in [2.75, 3.05) is 5.32 Å². The van der Waals surface area contributed by atoms with Crippen molar-refractivity contribution in [2.24, 2.45) is 0 Å². The van der Waals surface area contributed by atoms with Gasteiger partial charge in [-0.1, -0.05) is 47.6 Å². The Balaban J connectivity index is 1.62. The van der Waals surface area contributed by atoms with Gasteiger partial charge < -0.3 is 5.32 Å². The summed E-state index contributed by atoms with van der Waals surface area (Å²) >= 11 is 9.46. The Kier molecular flexibility index (Phi) is 6.56. The van der Waals surface area contributed by atoms with E-state index in [-0.39, 0.29) is 5.91 Å². The van der Waals surface area contributed by atoms with Crippen LogP contribution in [-0.4, -0.2) is 5.91 Å². The molecule has 3 rings (SSSR count). The second-order valence-electron chi connectivity index (χ2n) is 5.54. The Bertz CT molecular complexity index is 819. The highest BCUT2D eigenvalue weighted by molar-refractivity contribution is 7.99. The van der Waals surface area contributed by atoms with Gasteiger partial charge in [-0.2, -0.15) is 0 Å². The standard InChI is InChI=1S/C20H18ClNOS2/c21-15-11-12-19(25-17-6-2-1-3-7-17)18(14-15)22-20(23)10-4-8-16-9-5-13-24-16/h1-3,5-7,9,11-14H,4,8,10H2,(H,22,23). The number of benzene rings is 2. The number of aryl methyl sites for hydroxylation is 1. The summed E-state index contributed by atoms with van der Waals surface area (Å²) in [6.07, 6.45) is 2.28. The molecule has 0 atom stereocenters. The molecule has 0 bridgehead atoms. The van der Waals surface area contributed by atoms with Crippen LogP contribution in [0.2, 0.25) is 5.02 Å². The Morgan fingerprint density at radius 3 is 2.68 bits per heavy atom. The summed E-state index contributed by atoms with van der Waals surface area (Å²) in [5.41, 5.74) is 0.766. The van der Waals surface area contributed by atoms with E-state index < -0.39 is 0 Å². The van der Waals surface area contributed by atoms with E-state index in [9.17, 15) is 4.79 Å². The highest BCUT2D eigenvalue weighted by Gasteiger charge is 2.09. The molecule has 2 nitrogen and oxygen atoms in total. The molecule has 0 aliphatic rings. The number of carbonyl (C=O) groups is 1. The smallest absolute Gasteiger partial charge is 0.224 e. The van der Waals surface area contributed by atoms with Gasteiger partial charge in [-0.25, -0.2) is 0 Å². The molecular formula is C20H18ClNOS2. The van der Waals surface area contributed by atoms with Crippen molar-refractivity contribution >= 4 is 46.3 Å². The average Bonchev–Trinajstić information content (AvgIpc) is 3.12. The van der Waals surface area contributed by atoms with Crippen LogP contribution in [0.4, 0.5) is 5.69 Å². The fraction of sp³-hybridized carbons (Fsp3) is 0.150. The zero-order valence-corrected chi connectivity index (χ0v) is 16.0. The predicted octanol–water partition coefficient (Wildman–Crippen LogP) is 6.51. The third kappa shape index (κ3) is 5.63. The molecule has 3 aromatic rings. The number of nitrogens with one attached hydrogen (secondary N) is 1. The number of halogens is 1. The molecule has 0 unspecified atom stereocenters. The molecule has 0 radical (unpaired) electrons. The number of amides is 1. The summed E-state index contributed by atoms with van der Waals surface area (Å²) < 4.78 is 0. The van der Waals surface area contributed by atoms with Gasteiger partial charge in [0.25, 0.3) is 0 Å². The van der Waals surface area contributed by atoms with Crippen molar-refractivity contribution in [3.8, 4) is 0 Å². The molecule has 5 heteroatoms. The number of anilines is 1. The number of hydrogen-bond acceptors (Lipinski definition) is 3. The summed E-state index contributed by atoms with van der Waals surface area (Å²) in [4.78, 5) is 15.7. The minimum Gasteiger partial charge on any atom is -0.325 e. The van der Waals surface area contributed by atoms with Gasteiger partial charge in [-0.15, -0.1) is 11.3 Å². The van der Waals surface area contributed by atoms with Crippen molar-refractivity contribution in [3.63, 3.8) is 0 Å². The summed E-state index contributed by atoms with van der Waals surface area (Å²) in [6.45, 7) is 0. The van der Waals surface area contributed by atoms with Gasteiger partial charge in [-0.05, 0) is 54.6 Å². The number of rotatable bonds is 7. The molecular weight excluding hydrogens is 370 g/mol. The van der Waals surface area contributed by atoms with Gasteiger partial charge >= 0.3 is 0 Å². The minimum atomic E-state index is 0.0220. The lowest BCUT2D eigenvalue weighted by Gasteiger charge is -2.11. The molecule has 1 aromatic heterocycles. The third-order valence-corrected chi connectivity index (χ3v) is 5.85. The van der Waals surface area contributed by atoms with Crippen LogP contribution in [-0.2, 0) is 11.2 Å². The summed E-state index contributed by atoms with van der Waals surface area (Å²) in [5, 5.41) is 5.69. The zero-order chi connectivity index (χ0) is 17.5. The quantitative estimate of drug-likeness (QED) is 0.500. The SMILES string of the molecule is O=C(CCCc1cccs1)Nc1cc(Cl)ccc1Sc1ccccc1. The van der Waals surface area contributed by atoms with Crippen LogP contribution in [0, 0.1) is 0 Å². The zero-order valence-electron chi connectivity index (χ0n) is 13.6. The predicted molar refractivity (Wildman–Crippen MR) is 108 cm³/mol. The van der Waals surface area contributed by atoms with Gasteiger partial charge in [0.2, 0.25) is 5.91 Å². The molecule has 25 heavy (non-hydrogen) atoms. The van der Waals surface area contributed by atoms with Crippen molar-refractivity contribution in [1.82, 2.24) is 0 Å². The van der Waals surface area contributed by atoms with E-state index in [1.54, 1.807) is 23.1 Å². The molecule has 1 heterocycles. The molecule has 128 valence electrons. The second kappa shape index (κ2) is 9.09. The maximum absolute atomic E-state index is 12.3. The van der Waals surface area contributed by atoms with E-state index in [1.165, 1.54) is 4.88 Å². The maximum Gasteiger partial charge on any atom is 0.224 e. The van der Waals surface area contributed by atoms with Crippen LogP contribution in [0.3, 0.4) is 0 Å². The van der Waals surface area contributed by atoms with Crippen molar-refractivity contribution < 1.29 is 4.79 Å². The highest BCUT2D eigenvalue weighted by atomic mass is 35.5. The first-order chi connectivity index (χ1) is 12.2. The Morgan fingerprint density at radius 1 is 1.08 bits per heavy atom. The number of carbonyl (C=O) groups excluding carboxylic acids is 1. The van der Waals surface area contributed by atoms with Crippen LogP contribution in [0.1, 0.15) is 17.7 Å². The Hall–Kier alpha value is -1.75. The molecule has 1 amide bonds. The second-order valence-corrected chi connectivity index (χ2v) is 8.12. The molecule has 0 fully saturated rings. The van der Waals surface area contributed by atoms with Crippen molar-refractivity contribution in [2.45, 2.75) is 29.1 Å². The maximum atomic E-state index is 12.3. The molecule has 0 aliphatic carbocycles. The van der Waals surface area contributed by atoms with Gasteiger partial charge in [-0.3, -0.25) is 4.79 Å². The first-order valence-corrected chi connectivity index (χ1v) is 10.1. The largest absolute Gasteiger partial charge is 0.325 e. The summed E-state index contributed by atoms with van der Waals surface area (Å²) in [5.74, 6) is 0.0220. The fourth-order valence-corrected chi connectivity index (χ4v) is 4.22. The molecule has 0 aliphatic heterocycles. The van der Waals surface area contributed by atoms with E-state index in [0.717, 1.165) is 28.3 Å². The van der Waals surface area contributed by atoms with E-state index in [2.05, 4.69) is 16.8 Å².